The first-order valence-corrected chi connectivity index (χ1v) is 5.12. The Kier molecular flexibility index (Phi) is 37.7. The SMILES string of the molecule is C.C.C.CC.O=C(O)CCOCc1ccccc1.[Y]. The van der Waals surface area contributed by atoms with Crippen LogP contribution in [0.15, 0.2) is 30.3 Å². The summed E-state index contributed by atoms with van der Waals surface area (Å²) in [6, 6.07) is 9.67. The summed E-state index contributed by atoms with van der Waals surface area (Å²) >= 11 is 0. The molecule has 0 atom stereocenters. The first kappa shape index (κ1) is 31.2. The van der Waals surface area contributed by atoms with E-state index in [4.69, 9.17) is 9.84 Å². The van der Waals surface area contributed by atoms with Crippen molar-refractivity contribution in [3.8, 4) is 0 Å². The molecule has 0 saturated carbocycles. The molecule has 4 heteroatoms. The molecule has 0 heterocycles. The number of carboxylic acids is 1. The van der Waals surface area contributed by atoms with Gasteiger partial charge in [-0.05, 0) is 5.56 Å². The zero-order valence-corrected chi connectivity index (χ0v) is 12.7. The zero-order chi connectivity index (χ0) is 11.5. The van der Waals surface area contributed by atoms with Gasteiger partial charge in [0.05, 0.1) is 19.6 Å². The number of benzene rings is 1. The largest absolute Gasteiger partial charge is 0.481 e. The zero-order valence-electron chi connectivity index (χ0n) is 9.85. The van der Waals surface area contributed by atoms with Crippen molar-refractivity contribution >= 4 is 5.97 Å². The van der Waals surface area contributed by atoms with Gasteiger partial charge in [0.25, 0.3) is 0 Å². The molecule has 0 bridgehead atoms. The van der Waals surface area contributed by atoms with E-state index in [1.54, 1.807) is 0 Å². The molecule has 0 spiro atoms. The van der Waals surface area contributed by atoms with Gasteiger partial charge in [-0.15, -0.1) is 0 Å². The number of carboxylic acid groups (broad SMARTS) is 1. The van der Waals surface area contributed by atoms with Gasteiger partial charge in [-0.3, -0.25) is 4.79 Å². The number of carbonyl (C=O) groups is 1. The van der Waals surface area contributed by atoms with Gasteiger partial charge in [0.2, 0.25) is 0 Å². The minimum Gasteiger partial charge on any atom is -0.481 e. The van der Waals surface area contributed by atoms with Crippen LogP contribution in [0, 0.1) is 0 Å². The Labute approximate surface area is 144 Å². The normalized spacial score (nSPS) is 7.05. The first-order valence-electron chi connectivity index (χ1n) is 5.12. The molecule has 1 aromatic rings. The van der Waals surface area contributed by atoms with E-state index in [1.165, 1.54) is 0 Å². The summed E-state index contributed by atoms with van der Waals surface area (Å²) in [5, 5.41) is 8.33. The number of aliphatic carboxylic acids is 1. The second kappa shape index (κ2) is 22.9. The smallest absolute Gasteiger partial charge is 0.305 e. The predicted octanol–water partition coefficient (Wildman–Crippen LogP) is 4.61. The molecular formula is C15H30O3Y. The summed E-state index contributed by atoms with van der Waals surface area (Å²) in [7, 11) is 0. The van der Waals surface area contributed by atoms with E-state index in [0.29, 0.717) is 6.61 Å². The van der Waals surface area contributed by atoms with Crippen LogP contribution in [0.5, 0.6) is 0 Å². The summed E-state index contributed by atoms with van der Waals surface area (Å²) in [5.41, 5.74) is 1.06. The topological polar surface area (TPSA) is 46.5 Å². The average molecular weight is 347 g/mol. The van der Waals surface area contributed by atoms with Crippen LogP contribution >= 0.6 is 0 Å². The third-order valence-corrected chi connectivity index (χ3v) is 1.57. The van der Waals surface area contributed by atoms with E-state index in [1.807, 2.05) is 44.2 Å². The predicted molar refractivity (Wildman–Crippen MR) is 79.9 cm³/mol. The van der Waals surface area contributed by atoms with Crippen molar-refractivity contribution in [2.75, 3.05) is 6.61 Å². The fraction of sp³-hybridized carbons (Fsp3) is 0.533. The number of rotatable bonds is 5. The minimum absolute atomic E-state index is 0. The van der Waals surface area contributed by atoms with Gasteiger partial charge >= 0.3 is 5.97 Å². The molecule has 0 aliphatic rings. The first-order chi connectivity index (χ1) is 7.29. The van der Waals surface area contributed by atoms with Crippen molar-refractivity contribution in [3.63, 3.8) is 0 Å². The molecule has 19 heavy (non-hydrogen) atoms. The Morgan fingerprint density at radius 1 is 1.11 bits per heavy atom. The second-order valence-corrected chi connectivity index (χ2v) is 2.68. The Hall–Kier alpha value is -0.246. The van der Waals surface area contributed by atoms with Gasteiger partial charge in [-0.2, -0.15) is 0 Å². The van der Waals surface area contributed by atoms with Crippen molar-refractivity contribution in [2.45, 2.75) is 49.2 Å². The van der Waals surface area contributed by atoms with Crippen LogP contribution in [0.1, 0.15) is 48.1 Å². The monoisotopic (exact) mass is 347 g/mol. The maximum Gasteiger partial charge on any atom is 0.305 e. The van der Waals surface area contributed by atoms with E-state index in [0.717, 1.165) is 5.56 Å². The van der Waals surface area contributed by atoms with Crippen molar-refractivity contribution in [1.82, 2.24) is 0 Å². The van der Waals surface area contributed by atoms with E-state index >= 15 is 0 Å². The molecule has 1 radical (unpaired) electrons. The standard InChI is InChI=1S/C10H12O3.C2H6.3CH4.Y/c11-10(12)6-7-13-8-9-4-2-1-3-5-9;1-2;;;;/h1-5H,6-8H2,(H,11,12);1-2H3;3*1H4;. The molecule has 3 nitrogen and oxygen atoms in total. The van der Waals surface area contributed by atoms with Gasteiger partial charge in [0, 0.05) is 32.7 Å². The fourth-order valence-corrected chi connectivity index (χ4v) is 0.924. The Bertz CT molecular complexity index is 263. The molecule has 0 aromatic heterocycles. The van der Waals surface area contributed by atoms with E-state index in [-0.39, 0.29) is 68.0 Å². The Morgan fingerprint density at radius 3 is 2.00 bits per heavy atom. The quantitative estimate of drug-likeness (QED) is 0.791. The van der Waals surface area contributed by atoms with Crippen molar-refractivity contribution < 1.29 is 47.3 Å². The molecular weight excluding hydrogens is 317 g/mol. The summed E-state index contributed by atoms with van der Waals surface area (Å²) in [6.45, 7) is 4.75. The number of hydrogen-bond donors (Lipinski definition) is 1. The van der Waals surface area contributed by atoms with E-state index in [9.17, 15) is 4.79 Å². The van der Waals surface area contributed by atoms with Crippen molar-refractivity contribution in [3.05, 3.63) is 35.9 Å². The van der Waals surface area contributed by atoms with Gasteiger partial charge in [0.15, 0.2) is 0 Å². The fourth-order valence-electron chi connectivity index (χ4n) is 0.924. The molecule has 111 valence electrons. The third-order valence-electron chi connectivity index (χ3n) is 1.57. The van der Waals surface area contributed by atoms with Crippen LogP contribution in [0.25, 0.3) is 0 Å². The van der Waals surface area contributed by atoms with Crippen LogP contribution in [0.3, 0.4) is 0 Å². The average Bonchev–Trinajstić information content (AvgIpc) is 2.28. The number of ether oxygens (including phenoxy) is 1. The Morgan fingerprint density at radius 2 is 1.58 bits per heavy atom. The van der Waals surface area contributed by atoms with Crippen LogP contribution in [0.2, 0.25) is 0 Å². The van der Waals surface area contributed by atoms with Crippen molar-refractivity contribution in [2.24, 2.45) is 0 Å². The minimum atomic E-state index is -0.826. The van der Waals surface area contributed by atoms with Gasteiger partial charge in [-0.1, -0.05) is 66.5 Å². The third kappa shape index (κ3) is 20.2. The molecule has 0 fully saturated rings. The second-order valence-electron chi connectivity index (χ2n) is 2.68. The molecule has 1 rings (SSSR count). The Balaban J connectivity index is -0.000000104. The van der Waals surface area contributed by atoms with Crippen LogP contribution in [0.4, 0.5) is 0 Å². The van der Waals surface area contributed by atoms with Gasteiger partial charge in [-0.25, -0.2) is 0 Å². The number of hydrogen-bond acceptors (Lipinski definition) is 2. The summed E-state index contributed by atoms with van der Waals surface area (Å²) in [5.74, 6) is -0.826. The van der Waals surface area contributed by atoms with E-state index < -0.39 is 5.97 Å². The van der Waals surface area contributed by atoms with Crippen molar-refractivity contribution in [1.29, 1.82) is 0 Å². The van der Waals surface area contributed by atoms with E-state index in [2.05, 4.69) is 0 Å². The van der Waals surface area contributed by atoms with Gasteiger partial charge < -0.3 is 9.84 Å². The summed E-state index contributed by atoms with van der Waals surface area (Å²) in [4.78, 5) is 10.1. The molecule has 0 aliphatic heterocycles. The molecule has 0 saturated heterocycles. The summed E-state index contributed by atoms with van der Waals surface area (Å²) < 4.78 is 5.15. The maximum absolute atomic E-state index is 10.1. The molecule has 1 N–H and O–H groups in total. The van der Waals surface area contributed by atoms with Crippen LogP contribution in [-0.4, -0.2) is 17.7 Å². The summed E-state index contributed by atoms with van der Waals surface area (Å²) in [6.07, 6.45) is 0.0623. The molecule has 0 aliphatic carbocycles. The van der Waals surface area contributed by atoms with Crippen LogP contribution in [-0.2, 0) is 48.8 Å². The maximum atomic E-state index is 10.1. The van der Waals surface area contributed by atoms with Gasteiger partial charge in [0.1, 0.15) is 0 Å². The molecule has 0 amide bonds. The molecule has 1 aromatic carbocycles. The molecule has 0 unspecified atom stereocenters. The van der Waals surface area contributed by atoms with Crippen LogP contribution < -0.4 is 0 Å².